The molecule has 1 aliphatic carbocycles. The van der Waals surface area contributed by atoms with E-state index in [-0.39, 0.29) is 45.8 Å². The van der Waals surface area contributed by atoms with E-state index in [4.69, 9.17) is 9.47 Å². The summed E-state index contributed by atoms with van der Waals surface area (Å²) in [6.07, 6.45) is 1.21. The van der Waals surface area contributed by atoms with Crippen LogP contribution in [0, 0.1) is 6.92 Å². The fourth-order valence-electron chi connectivity index (χ4n) is 2.95. The van der Waals surface area contributed by atoms with Crippen molar-refractivity contribution in [3.63, 3.8) is 0 Å². The molecule has 0 fully saturated rings. The first-order valence-electron chi connectivity index (χ1n) is 8.99. The summed E-state index contributed by atoms with van der Waals surface area (Å²) in [5.74, 6) is -1.72. The van der Waals surface area contributed by atoms with Gasteiger partial charge in [-0.15, -0.1) is 11.3 Å². The predicted octanol–water partition coefficient (Wildman–Crippen LogP) is 4.28. The minimum Gasteiger partial charge on any atom is -0.506 e. The molecule has 1 N–H and O–H groups in total. The molecular weight excluding hydrogens is 394 g/mol. The second kappa shape index (κ2) is 8.40. The third-order valence-electron chi connectivity index (χ3n) is 4.31. The molecule has 3 rings (SSSR count). The Morgan fingerprint density at radius 3 is 2.34 bits per heavy atom. The zero-order valence-corrected chi connectivity index (χ0v) is 17.0. The number of ketones is 1. The number of hydrogen-bond donors (Lipinski definition) is 1. The van der Waals surface area contributed by atoms with Gasteiger partial charge in [0.05, 0.1) is 18.8 Å². The van der Waals surface area contributed by atoms with Crippen molar-refractivity contribution in [3.05, 3.63) is 57.0 Å². The van der Waals surface area contributed by atoms with Gasteiger partial charge < -0.3 is 14.6 Å². The number of carbonyl (C=O) groups is 3. The standard InChI is InChI=1S/C21H19NO6S/c1-4-27-20(25)15-11(3)18(21(26)28-5-2)29-19(15)22-10-14-16(23)12-8-6-7-9-13(12)17(14)24/h6-10,23H,4-5H2,1-3H3/b22-10+. The molecule has 0 spiro atoms. The van der Waals surface area contributed by atoms with Gasteiger partial charge in [0.15, 0.2) is 5.78 Å². The lowest BCUT2D eigenvalue weighted by Crippen LogP contribution is -2.08. The van der Waals surface area contributed by atoms with Crippen LogP contribution in [0.25, 0.3) is 5.76 Å². The van der Waals surface area contributed by atoms with Crippen LogP contribution in [0.2, 0.25) is 0 Å². The van der Waals surface area contributed by atoms with E-state index < -0.39 is 11.9 Å². The number of allylic oxidation sites excluding steroid dienone is 1. The molecule has 2 aromatic rings. The number of benzene rings is 1. The summed E-state index contributed by atoms with van der Waals surface area (Å²) in [4.78, 5) is 41.6. The van der Waals surface area contributed by atoms with Crippen LogP contribution in [0.5, 0.6) is 0 Å². The number of fused-ring (bicyclic) bond motifs is 1. The number of aliphatic imine (C=N–C) groups is 1. The van der Waals surface area contributed by atoms with E-state index in [1.54, 1.807) is 45.0 Å². The second-order valence-corrected chi connectivity index (χ2v) is 7.07. The number of ether oxygens (including phenoxy) is 2. The van der Waals surface area contributed by atoms with Gasteiger partial charge in [-0.2, -0.15) is 0 Å². The Morgan fingerprint density at radius 1 is 1.10 bits per heavy atom. The molecule has 1 aromatic heterocycles. The molecule has 0 saturated carbocycles. The largest absolute Gasteiger partial charge is 0.506 e. The molecule has 0 unspecified atom stereocenters. The highest BCUT2D eigenvalue weighted by Gasteiger charge is 2.29. The molecule has 29 heavy (non-hydrogen) atoms. The van der Waals surface area contributed by atoms with Crippen LogP contribution < -0.4 is 0 Å². The van der Waals surface area contributed by atoms with Gasteiger partial charge in [-0.3, -0.25) is 4.79 Å². The monoisotopic (exact) mass is 413 g/mol. The van der Waals surface area contributed by atoms with Crippen molar-refractivity contribution in [2.24, 2.45) is 4.99 Å². The number of aliphatic hydroxyl groups is 1. The molecule has 1 aliphatic rings. The van der Waals surface area contributed by atoms with E-state index in [1.807, 2.05) is 0 Å². The fourth-order valence-corrected chi connectivity index (χ4v) is 3.99. The third-order valence-corrected chi connectivity index (χ3v) is 5.49. The van der Waals surface area contributed by atoms with Crippen molar-refractivity contribution in [2.45, 2.75) is 20.8 Å². The Bertz CT molecular complexity index is 1060. The summed E-state index contributed by atoms with van der Waals surface area (Å²) in [6.45, 7) is 5.32. The van der Waals surface area contributed by atoms with Crippen LogP contribution in [-0.2, 0) is 9.47 Å². The van der Waals surface area contributed by atoms with Gasteiger partial charge in [-0.25, -0.2) is 14.6 Å². The molecule has 1 aromatic carbocycles. The Balaban J connectivity index is 2.03. The average Bonchev–Trinajstić information content (AvgIpc) is 3.15. The number of aliphatic hydroxyl groups excluding tert-OH is 1. The molecule has 7 nitrogen and oxygen atoms in total. The normalized spacial score (nSPS) is 13.1. The Labute approximate surface area is 171 Å². The number of nitrogens with zero attached hydrogens (tertiary/aromatic N) is 1. The van der Waals surface area contributed by atoms with Gasteiger partial charge >= 0.3 is 11.9 Å². The first-order chi connectivity index (χ1) is 13.9. The molecule has 0 aliphatic heterocycles. The number of Topliss-reactive ketones (excluding diaryl/α,β-unsaturated/α-hetero) is 1. The molecule has 0 saturated heterocycles. The van der Waals surface area contributed by atoms with Crippen molar-refractivity contribution in [1.29, 1.82) is 0 Å². The smallest absolute Gasteiger partial charge is 0.348 e. The summed E-state index contributed by atoms with van der Waals surface area (Å²) >= 11 is 0.969. The summed E-state index contributed by atoms with van der Waals surface area (Å²) in [6, 6.07) is 6.68. The van der Waals surface area contributed by atoms with Crippen molar-refractivity contribution in [1.82, 2.24) is 0 Å². The van der Waals surface area contributed by atoms with Crippen LogP contribution in [0.3, 0.4) is 0 Å². The van der Waals surface area contributed by atoms with Crippen molar-refractivity contribution >= 4 is 46.0 Å². The lowest BCUT2D eigenvalue weighted by molar-refractivity contribution is 0.0527. The zero-order valence-electron chi connectivity index (χ0n) is 16.1. The van der Waals surface area contributed by atoms with E-state index in [2.05, 4.69) is 4.99 Å². The van der Waals surface area contributed by atoms with Crippen molar-refractivity contribution < 1.29 is 29.0 Å². The maximum Gasteiger partial charge on any atom is 0.348 e. The molecule has 150 valence electrons. The van der Waals surface area contributed by atoms with Crippen molar-refractivity contribution in [2.75, 3.05) is 13.2 Å². The topological polar surface area (TPSA) is 102 Å². The lowest BCUT2D eigenvalue weighted by Gasteiger charge is -2.03. The maximum atomic E-state index is 12.5. The number of hydrogen-bond acceptors (Lipinski definition) is 8. The van der Waals surface area contributed by atoms with Gasteiger partial charge in [0.2, 0.25) is 0 Å². The van der Waals surface area contributed by atoms with Gasteiger partial charge in [-0.1, -0.05) is 24.3 Å². The highest BCUT2D eigenvalue weighted by atomic mass is 32.1. The SMILES string of the molecule is CCOC(=O)c1sc(/N=C/C2=C(O)c3ccccc3C2=O)c(C(=O)OCC)c1C. The van der Waals surface area contributed by atoms with E-state index >= 15 is 0 Å². The number of esters is 2. The van der Waals surface area contributed by atoms with E-state index in [0.29, 0.717) is 16.7 Å². The summed E-state index contributed by atoms with van der Waals surface area (Å²) in [7, 11) is 0. The first-order valence-corrected chi connectivity index (χ1v) is 9.81. The minimum absolute atomic E-state index is 0.0183. The van der Waals surface area contributed by atoms with Crippen LogP contribution in [0.15, 0.2) is 34.8 Å². The van der Waals surface area contributed by atoms with Crippen LogP contribution in [0.4, 0.5) is 5.00 Å². The predicted molar refractivity (Wildman–Crippen MR) is 109 cm³/mol. The summed E-state index contributed by atoms with van der Waals surface area (Å²) in [5.41, 5.74) is 1.37. The third kappa shape index (κ3) is 3.71. The quantitative estimate of drug-likeness (QED) is 0.560. The lowest BCUT2D eigenvalue weighted by atomic mass is 10.1. The Kier molecular flexibility index (Phi) is 5.93. The summed E-state index contributed by atoms with van der Waals surface area (Å²) in [5, 5.41) is 10.6. The number of carbonyl (C=O) groups excluding carboxylic acids is 3. The molecule has 8 heteroatoms. The minimum atomic E-state index is -0.622. The molecule has 0 atom stereocenters. The van der Waals surface area contributed by atoms with Crippen LogP contribution >= 0.6 is 11.3 Å². The average molecular weight is 413 g/mol. The van der Waals surface area contributed by atoms with Gasteiger partial charge in [0.25, 0.3) is 0 Å². The first kappa shape index (κ1) is 20.5. The molecule has 1 heterocycles. The molecule has 0 amide bonds. The van der Waals surface area contributed by atoms with Gasteiger partial charge in [-0.05, 0) is 26.3 Å². The molecular formula is C21H19NO6S. The Hall–Kier alpha value is -3.26. The highest BCUT2D eigenvalue weighted by Crippen LogP contribution is 2.37. The number of rotatable bonds is 6. The molecule has 0 bridgehead atoms. The highest BCUT2D eigenvalue weighted by molar-refractivity contribution is 7.18. The maximum absolute atomic E-state index is 12.5. The van der Waals surface area contributed by atoms with Crippen LogP contribution in [-0.4, -0.2) is 42.3 Å². The van der Waals surface area contributed by atoms with E-state index in [0.717, 1.165) is 11.3 Å². The Morgan fingerprint density at radius 2 is 1.72 bits per heavy atom. The van der Waals surface area contributed by atoms with Crippen LogP contribution in [0.1, 0.15) is 55.4 Å². The van der Waals surface area contributed by atoms with E-state index in [9.17, 15) is 19.5 Å². The summed E-state index contributed by atoms with van der Waals surface area (Å²) < 4.78 is 10.1. The van der Waals surface area contributed by atoms with Gasteiger partial charge in [0, 0.05) is 17.3 Å². The second-order valence-electron chi connectivity index (χ2n) is 6.07. The van der Waals surface area contributed by atoms with Crippen molar-refractivity contribution in [3.8, 4) is 0 Å². The number of thiophene rings is 1. The van der Waals surface area contributed by atoms with E-state index in [1.165, 1.54) is 6.21 Å². The molecule has 0 radical (unpaired) electrons. The van der Waals surface area contributed by atoms with Gasteiger partial charge in [0.1, 0.15) is 21.2 Å². The zero-order chi connectivity index (χ0) is 21.1. The fraction of sp³-hybridized carbons (Fsp3) is 0.238.